The molecule has 23 heavy (non-hydrogen) atoms. The maximum Gasteiger partial charge on any atom is 0.323 e. The summed E-state index contributed by atoms with van der Waals surface area (Å²) in [6.07, 6.45) is 0. The summed E-state index contributed by atoms with van der Waals surface area (Å²) in [4.78, 5) is 11.9. The highest BCUT2D eigenvalue weighted by Crippen LogP contribution is 2.42. The van der Waals surface area contributed by atoms with Crippen molar-refractivity contribution in [3.8, 4) is 5.75 Å². The Morgan fingerprint density at radius 3 is 2.61 bits per heavy atom. The third-order valence-electron chi connectivity index (χ3n) is 3.14. The molecule has 2 rings (SSSR count). The number of hydrogen-bond acceptors (Lipinski definition) is 4. The van der Waals surface area contributed by atoms with Crippen molar-refractivity contribution >= 4 is 35.6 Å². The lowest BCUT2D eigenvalue weighted by Crippen LogP contribution is -2.32. The van der Waals surface area contributed by atoms with Gasteiger partial charge in [-0.05, 0) is 35.5 Å². The van der Waals surface area contributed by atoms with E-state index in [9.17, 15) is 4.79 Å². The van der Waals surface area contributed by atoms with E-state index in [-0.39, 0.29) is 5.97 Å². The molecule has 6 heteroatoms. The van der Waals surface area contributed by atoms with Gasteiger partial charge < -0.3 is 9.26 Å². The molecule has 0 heterocycles. The number of carbonyl (C=O) groups is 1. The molecule has 0 spiro atoms. The third-order valence-corrected chi connectivity index (χ3v) is 4.58. The molecular formula is C17H21ClNO3P. The van der Waals surface area contributed by atoms with E-state index in [2.05, 4.69) is 5.09 Å². The maximum atomic E-state index is 11.9. The van der Waals surface area contributed by atoms with E-state index in [1.807, 2.05) is 56.3 Å². The molecule has 0 amide bonds. The van der Waals surface area contributed by atoms with Gasteiger partial charge in [-0.25, -0.2) is 5.09 Å². The summed E-state index contributed by atoms with van der Waals surface area (Å²) >= 11 is 6.24. The SMILES string of the molecule is CC(C)COC(=O)C(C)NP(Cl)Oc1cccc2ccccc12. The first kappa shape index (κ1) is 18.0. The second kappa shape index (κ2) is 8.49. The molecule has 0 aliphatic carbocycles. The molecule has 0 aliphatic heterocycles. The molecule has 0 saturated carbocycles. The van der Waals surface area contributed by atoms with Crippen molar-refractivity contribution in [2.45, 2.75) is 26.8 Å². The predicted molar refractivity (Wildman–Crippen MR) is 95.7 cm³/mol. The van der Waals surface area contributed by atoms with Crippen LogP contribution in [-0.4, -0.2) is 18.6 Å². The van der Waals surface area contributed by atoms with Crippen molar-refractivity contribution in [2.75, 3.05) is 6.61 Å². The quantitative estimate of drug-likeness (QED) is 0.570. The second-order valence-corrected chi connectivity index (χ2v) is 7.54. The molecule has 0 fully saturated rings. The number of nitrogens with one attached hydrogen (secondary N) is 1. The van der Waals surface area contributed by atoms with Crippen molar-refractivity contribution in [3.63, 3.8) is 0 Å². The zero-order valence-corrected chi connectivity index (χ0v) is 15.1. The largest absolute Gasteiger partial charge is 0.464 e. The Morgan fingerprint density at radius 1 is 1.17 bits per heavy atom. The molecule has 0 radical (unpaired) electrons. The highest BCUT2D eigenvalue weighted by Gasteiger charge is 2.20. The Labute approximate surface area is 142 Å². The zero-order chi connectivity index (χ0) is 16.8. The van der Waals surface area contributed by atoms with Gasteiger partial charge >= 0.3 is 5.97 Å². The van der Waals surface area contributed by atoms with E-state index in [0.29, 0.717) is 18.3 Å². The van der Waals surface area contributed by atoms with E-state index in [4.69, 9.17) is 20.5 Å². The zero-order valence-electron chi connectivity index (χ0n) is 13.5. The molecular weight excluding hydrogens is 333 g/mol. The van der Waals surface area contributed by atoms with E-state index < -0.39 is 13.7 Å². The monoisotopic (exact) mass is 353 g/mol. The van der Waals surface area contributed by atoms with Gasteiger partial charge in [-0.3, -0.25) is 4.79 Å². The summed E-state index contributed by atoms with van der Waals surface area (Å²) in [5.41, 5.74) is 0. The Balaban J connectivity index is 1.96. The highest BCUT2D eigenvalue weighted by molar-refractivity contribution is 7.78. The second-order valence-electron chi connectivity index (χ2n) is 5.69. The van der Waals surface area contributed by atoms with Crippen LogP contribution in [0.5, 0.6) is 5.75 Å². The summed E-state index contributed by atoms with van der Waals surface area (Å²) in [7, 11) is -1.51. The summed E-state index contributed by atoms with van der Waals surface area (Å²) in [5, 5.41) is 5.01. The highest BCUT2D eigenvalue weighted by atomic mass is 35.7. The number of carbonyl (C=O) groups excluding carboxylic acids is 1. The van der Waals surface area contributed by atoms with Gasteiger partial charge in [-0.15, -0.1) is 0 Å². The van der Waals surface area contributed by atoms with Gasteiger partial charge in [-0.2, -0.15) is 0 Å². The Morgan fingerprint density at radius 2 is 1.87 bits per heavy atom. The first-order valence-corrected chi connectivity index (χ1v) is 9.68. The van der Waals surface area contributed by atoms with Crippen molar-refractivity contribution in [3.05, 3.63) is 42.5 Å². The number of rotatable bonds is 7. The van der Waals surface area contributed by atoms with E-state index in [1.165, 1.54) is 0 Å². The van der Waals surface area contributed by atoms with Gasteiger partial charge in [0.1, 0.15) is 11.8 Å². The Bertz CT molecular complexity index is 660. The van der Waals surface area contributed by atoms with Crippen LogP contribution in [0.2, 0.25) is 0 Å². The minimum absolute atomic E-state index is 0.301. The lowest BCUT2D eigenvalue weighted by atomic mass is 10.1. The molecule has 2 unspecified atom stereocenters. The van der Waals surface area contributed by atoms with Crippen LogP contribution in [0.1, 0.15) is 20.8 Å². The molecule has 124 valence electrons. The Kier molecular flexibility index (Phi) is 6.64. The summed E-state index contributed by atoms with van der Waals surface area (Å²) in [5.74, 6) is 0.670. The van der Waals surface area contributed by atoms with Gasteiger partial charge in [0.25, 0.3) is 7.65 Å². The molecule has 0 aliphatic rings. The molecule has 0 aromatic heterocycles. The fourth-order valence-corrected chi connectivity index (χ4v) is 3.42. The number of halogens is 1. The van der Waals surface area contributed by atoms with Gasteiger partial charge in [0.05, 0.1) is 6.61 Å². The van der Waals surface area contributed by atoms with E-state index >= 15 is 0 Å². The maximum absolute atomic E-state index is 11.9. The van der Waals surface area contributed by atoms with Gasteiger partial charge in [0.2, 0.25) is 0 Å². The van der Waals surface area contributed by atoms with Gasteiger partial charge in [0.15, 0.2) is 0 Å². The third kappa shape index (κ3) is 5.35. The first-order valence-electron chi connectivity index (χ1n) is 7.52. The summed E-state index contributed by atoms with van der Waals surface area (Å²) < 4.78 is 11.0. The standard InChI is InChI=1S/C17H21ClNO3P/c1-12(2)11-21-17(20)13(3)19-23(18)22-16-10-6-8-14-7-4-5-9-15(14)16/h4-10,12-13,19H,11H2,1-3H3. The predicted octanol–water partition coefficient (Wildman–Crippen LogP) is 4.86. The smallest absolute Gasteiger partial charge is 0.323 e. The lowest BCUT2D eigenvalue weighted by molar-refractivity contribution is -0.146. The molecule has 4 nitrogen and oxygen atoms in total. The number of ether oxygens (including phenoxy) is 1. The van der Waals surface area contributed by atoms with Crippen LogP contribution in [0, 0.1) is 5.92 Å². The van der Waals surface area contributed by atoms with E-state index in [1.54, 1.807) is 6.92 Å². The number of esters is 1. The number of fused-ring (bicyclic) bond motifs is 1. The van der Waals surface area contributed by atoms with Crippen LogP contribution in [0.15, 0.2) is 42.5 Å². The average molecular weight is 354 g/mol. The van der Waals surface area contributed by atoms with Gasteiger partial charge in [-0.1, -0.05) is 50.2 Å². The van der Waals surface area contributed by atoms with Gasteiger partial charge in [0, 0.05) is 5.39 Å². The summed E-state index contributed by atoms with van der Waals surface area (Å²) in [6, 6.07) is 13.2. The molecule has 2 aromatic rings. The van der Waals surface area contributed by atoms with Crippen LogP contribution in [0.4, 0.5) is 0 Å². The molecule has 0 bridgehead atoms. The average Bonchev–Trinajstić information content (AvgIpc) is 2.52. The number of hydrogen-bond donors (Lipinski definition) is 1. The van der Waals surface area contributed by atoms with Crippen molar-refractivity contribution < 1.29 is 14.1 Å². The van der Waals surface area contributed by atoms with Crippen LogP contribution in [-0.2, 0) is 9.53 Å². The van der Waals surface area contributed by atoms with Crippen LogP contribution in [0.25, 0.3) is 10.8 Å². The fraction of sp³-hybridized carbons (Fsp3) is 0.353. The summed E-state index contributed by atoms with van der Waals surface area (Å²) in [6.45, 7) is 6.09. The minimum Gasteiger partial charge on any atom is -0.464 e. The first-order chi connectivity index (χ1) is 11.0. The van der Waals surface area contributed by atoms with Crippen molar-refractivity contribution in [2.24, 2.45) is 5.92 Å². The molecule has 0 saturated heterocycles. The molecule has 2 atom stereocenters. The van der Waals surface area contributed by atoms with Crippen molar-refractivity contribution in [1.82, 2.24) is 5.09 Å². The fourth-order valence-electron chi connectivity index (χ4n) is 1.97. The number of benzene rings is 2. The van der Waals surface area contributed by atoms with E-state index in [0.717, 1.165) is 10.8 Å². The molecule has 2 aromatic carbocycles. The van der Waals surface area contributed by atoms with Crippen LogP contribution in [0.3, 0.4) is 0 Å². The topological polar surface area (TPSA) is 47.6 Å². The Hall–Kier alpha value is -1.35. The lowest BCUT2D eigenvalue weighted by Gasteiger charge is -2.18. The van der Waals surface area contributed by atoms with Crippen LogP contribution >= 0.6 is 18.9 Å². The molecule has 1 N–H and O–H groups in total. The van der Waals surface area contributed by atoms with Crippen LogP contribution < -0.4 is 9.61 Å². The minimum atomic E-state index is -1.51. The normalized spacial score (nSPS) is 13.8. The van der Waals surface area contributed by atoms with Crippen molar-refractivity contribution in [1.29, 1.82) is 0 Å².